The first-order valence-corrected chi connectivity index (χ1v) is 9.27. The lowest BCUT2D eigenvalue weighted by Crippen LogP contribution is -2.38. The van der Waals surface area contributed by atoms with Crippen LogP contribution in [0.25, 0.3) is 0 Å². The Morgan fingerprint density at radius 3 is 2.17 bits per heavy atom. The van der Waals surface area contributed by atoms with Crippen LogP contribution in [-0.2, 0) is 6.54 Å². The summed E-state index contributed by atoms with van der Waals surface area (Å²) >= 11 is 0. The minimum absolute atomic E-state index is 0.642. The molecule has 1 aromatic carbocycles. The van der Waals surface area contributed by atoms with E-state index >= 15 is 0 Å². The van der Waals surface area contributed by atoms with Crippen molar-refractivity contribution >= 4 is 0 Å². The Bertz CT molecular complexity index is 521. The Balaban J connectivity index is 1.62. The molecule has 4 nitrogen and oxygen atoms in total. The van der Waals surface area contributed by atoms with Gasteiger partial charge in [-0.05, 0) is 48.8 Å². The molecule has 24 heavy (non-hydrogen) atoms. The molecule has 3 atom stereocenters. The van der Waals surface area contributed by atoms with Gasteiger partial charge in [0.15, 0.2) is 11.5 Å². The van der Waals surface area contributed by atoms with Gasteiger partial charge in [0.25, 0.3) is 0 Å². The number of nitrogens with one attached hydrogen (secondary N) is 1. The van der Waals surface area contributed by atoms with Gasteiger partial charge in [0.1, 0.15) is 0 Å². The molecular weight excluding hydrogens is 302 g/mol. The van der Waals surface area contributed by atoms with Gasteiger partial charge in [-0.15, -0.1) is 0 Å². The van der Waals surface area contributed by atoms with Crippen molar-refractivity contribution in [2.45, 2.75) is 57.5 Å². The van der Waals surface area contributed by atoms with Crippen molar-refractivity contribution in [3.8, 4) is 17.2 Å². The first-order chi connectivity index (χ1) is 11.7. The van der Waals surface area contributed by atoms with Crippen molar-refractivity contribution in [1.29, 1.82) is 0 Å². The third kappa shape index (κ3) is 3.80. The van der Waals surface area contributed by atoms with Gasteiger partial charge in [-0.2, -0.15) is 0 Å². The number of methoxy groups -OCH3 is 3. The summed E-state index contributed by atoms with van der Waals surface area (Å²) in [5, 5.41) is 3.76. The van der Waals surface area contributed by atoms with Crippen LogP contribution in [0, 0.1) is 11.8 Å². The van der Waals surface area contributed by atoms with Gasteiger partial charge in [-0.25, -0.2) is 0 Å². The van der Waals surface area contributed by atoms with Crippen LogP contribution in [0.4, 0.5) is 0 Å². The highest BCUT2D eigenvalue weighted by Gasteiger charge is 2.31. The normalized spacial score (nSPS) is 26.5. The summed E-state index contributed by atoms with van der Waals surface area (Å²) in [7, 11) is 4.97. The second-order valence-electron chi connectivity index (χ2n) is 7.23. The van der Waals surface area contributed by atoms with Crippen LogP contribution in [-0.4, -0.2) is 27.4 Å². The SMILES string of the molecule is COc1cc(CN[C@@H]2CC[C@H]3CCCC[C@H]3C2)cc(OC)c1OC. The zero-order chi connectivity index (χ0) is 16.9. The highest BCUT2D eigenvalue weighted by molar-refractivity contribution is 5.53. The maximum atomic E-state index is 5.45. The molecule has 0 heterocycles. The van der Waals surface area contributed by atoms with Crippen LogP contribution in [0.1, 0.15) is 50.5 Å². The average molecular weight is 333 g/mol. The molecule has 1 N–H and O–H groups in total. The average Bonchev–Trinajstić information content (AvgIpc) is 2.65. The predicted octanol–water partition coefficient (Wildman–Crippen LogP) is 4.16. The van der Waals surface area contributed by atoms with E-state index in [0.717, 1.165) is 29.9 Å². The molecule has 0 radical (unpaired) electrons. The molecular formula is C20H31NO3. The summed E-state index contributed by atoms with van der Waals surface area (Å²) < 4.78 is 16.3. The van der Waals surface area contributed by atoms with Crippen molar-refractivity contribution in [1.82, 2.24) is 5.32 Å². The monoisotopic (exact) mass is 333 g/mol. The molecule has 3 rings (SSSR count). The van der Waals surface area contributed by atoms with Crippen molar-refractivity contribution in [3.63, 3.8) is 0 Å². The van der Waals surface area contributed by atoms with Gasteiger partial charge in [-0.3, -0.25) is 0 Å². The Morgan fingerprint density at radius 1 is 0.875 bits per heavy atom. The molecule has 0 saturated heterocycles. The Labute approximate surface area is 145 Å². The van der Waals surface area contributed by atoms with Gasteiger partial charge in [0.2, 0.25) is 5.75 Å². The molecule has 134 valence electrons. The summed E-state index contributed by atoms with van der Waals surface area (Å²) in [4.78, 5) is 0. The molecule has 2 aliphatic carbocycles. The molecule has 0 bridgehead atoms. The summed E-state index contributed by atoms with van der Waals surface area (Å²) in [5.74, 6) is 4.06. The van der Waals surface area contributed by atoms with Crippen LogP contribution < -0.4 is 19.5 Å². The molecule has 2 saturated carbocycles. The summed E-state index contributed by atoms with van der Waals surface area (Å²) in [6.45, 7) is 0.846. The summed E-state index contributed by atoms with van der Waals surface area (Å²) in [5.41, 5.74) is 1.18. The number of rotatable bonds is 6. The fourth-order valence-corrected chi connectivity index (χ4v) is 4.56. The van der Waals surface area contributed by atoms with Crippen LogP contribution in [0.5, 0.6) is 17.2 Å². The van der Waals surface area contributed by atoms with E-state index in [-0.39, 0.29) is 0 Å². The molecule has 0 spiro atoms. The molecule has 2 aliphatic rings. The molecule has 1 aromatic rings. The van der Waals surface area contributed by atoms with E-state index in [0.29, 0.717) is 11.8 Å². The van der Waals surface area contributed by atoms with Gasteiger partial charge >= 0.3 is 0 Å². The van der Waals surface area contributed by atoms with Gasteiger partial charge in [0, 0.05) is 12.6 Å². The summed E-state index contributed by atoms with van der Waals surface area (Å²) in [6.07, 6.45) is 9.83. The Kier molecular flexibility index (Phi) is 5.88. The Morgan fingerprint density at radius 2 is 1.54 bits per heavy atom. The molecule has 0 aromatic heterocycles. The molecule has 0 unspecified atom stereocenters. The van der Waals surface area contributed by atoms with Crippen molar-refractivity contribution < 1.29 is 14.2 Å². The van der Waals surface area contributed by atoms with Crippen LogP contribution in [0.15, 0.2) is 12.1 Å². The quantitative estimate of drug-likeness (QED) is 0.848. The number of benzene rings is 1. The van der Waals surface area contributed by atoms with E-state index in [1.807, 2.05) is 12.1 Å². The van der Waals surface area contributed by atoms with Crippen molar-refractivity contribution in [2.24, 2.45) is 11.8 Å². The van der Waals surface area contributed by atoms with E-state index < -0.39 is 0 Å². The van der Waals surface area contributed by atoms with Crippen molar-refractivity contribution in [2.75, 3.05) is 21.3 Å². The number of fused-ring (bicyclic) bond motifs is 1. The number of ether oxygens (including phenoxy) is 3. The van der Waals surface area contributed by atoms with Crippen LogP contribution >= 0.6 is 0 Å². The predicted molar refractivity (Wildman–Crippen MR) is 96.0 cm³/mol. The fraction of sp³-hybridized carbons (Fsp3) is 0.700. The third-order valence-corrected chi connectivity index (χ3v) is 5.86. The van der Waals surface area contributed by atoms with E-state index in [4.69, 9.17) is 14.2 Å². The molecule has 2 fully saturated rings. The summed E-state index contributed by atoms with van der Waals surface area (Å²) in [6, 6.07) is 4.73. The number of hydrogen-bond donors (Lipinski definition) is 1. The zero-order valence-corrected chi connectivity index (χ0v) is 15.3. The highest BCUT2D eigenvalue weighted by atomic mass is 16.5. The lowest BCUT2D eigenvalue weighted by atomic mass is 9.69. The molecule has 0 amide bonds. The maximum absolute atomic E-state index is 5.45. The fourth-order valence-electron chi connectivity index (χ4n) is 4.56. The molecule has 0 aliphatic heterocycles. The maximum Gasteiger partial charge on any atom is 0.203 e. The van der Waals surface area contributed by atoms with Crippen LogP contribution in [0.3, 0.4) is 0 Å². The van der Waals surface area contributed by atoms with Crippen LogP contribution in [0.2, 0.25) is 0 Å². The van der Waals surface area contributed by atoms with E-state index in [1.165, 1.54) is 50.5 Å². The Hall–Kier alpha value is -1.42. The topological polar surface area (TPSA) is 39.7 Å². The van der Waals surface area contributed by atoms with E-state index in [1.54, 1.807) is 21.3 Å². The van der Waals surface area contributed by atoms with Gasteiger partial charge in [0.05, 0.1) is 21.3 Å². The van der Waals surface area contributed by atoms with E-state index in [9.17, 15) is 0 Å². The lowest BCUT2D eigenvalue weighted by Gasteiger charge is -2.39. The first kappa shape index (κ1) is 17.4. The van der Waals surface area contributed by atoms with Crippen molar-refractivity contribution in [3.05, 3.63) is 17.7 Å². The molecule has 4 heteroatoms. The highest BCUT2D eigenvalue weighted by Crippen LogP contribution is 2.41. The minimum atomic E-state index is 0.642. The number of hydrogen-bond acceptors (Lipinski definition) is 4. The minimum Gasteiger partial charge on any atom is -0.493 e. The second-order valence-corrected chi connectivity index (χ2v) is 7.23. The third-order valence-electron chi connectivity index (χ3n) is 5.86. The standard InChI is InChI=1S/C20H31NO3/c1-22-18-10-14(11-19(23-2)20(18)24-3)13-21-17-9-8-15-6-4-5-7-16(15)12-17/h10-11,15-17,21H,4-9,12-13H2,1-3H3/t15-,16+,17-/m1/s1. The van der Waals surface area contributed by atoms with Gasteiger partial charge < -0.3 is 19.5 Å². The first-order valence-electron chi connectivity index (χ1n) is 9.27. The van der Waals surface area contributed by atoms with E-state index in [2.05, 4.69) is 5.32 Å². The van der Waals surface area contributed by atoms with Gasteiger partial charge in [-0.1, -0.05) is 25.7 Å². The zero-order valence-electron chi connectivity index (χ0n) is 15.3. The lowest BCUT2D eigenvalue weighted by molar-refractivity contribution is 0.143. The smallest absolute Gasteiger partial charge is 0.203 e. The largest absolute Gasteiger partial charge is 0.493 e. The second kappa shape index (κ2) is 8.11.